The summed E-state index contributed by atoms with van der Waals surface area (Å²) in [7, 11) is 0. The number of nitrogens with zero attached hydrogens (tertiary/aromatic N) is 3. The Bertz CT molecular complexity index is 927. The Morgan fingerprint density at radius 3 is 2.90 bits per heavy atom. The van der Waals surface area contributed by atoms with Crippen LogP contribution in [0.3, 0.4) is 0 Å². The van der Waals surface area contributed by atoms with Gasteiger partial charge in [0, 0.05) is 30.1 Å². The van der Waals surface area contributed by atoms with Crippen LogP contribution in [0.2, 0.25) is 0 Å². The van der Waals surface area contributed by atoms with E-state index in [1.165, 1.54) is 22.9 Å². The normalized spacial score (nSPS) is 19.8. The maximum atomic E-state index is 13.3. The van der Waals surface area contributed by atoms with E-state index in [1.807, 2.05) is 6.92 Å². The van der Waals surface area contributed by atoms with Crippen molar-refractivity contribution >= 4 is 35.4 Å². The Kier molecular flexibility index (Phi) is 6.86. The molecule has 30 heavy (non-hydrogen) atoms. The molecule has 2 aromatic rings. The second-order valence-electron chi connectivity index (χ2n) is 7.15. The number of hydrogen-bond donors (Lipinski definition) is 2. The van der Waals surface area contributed by atoms with Gasteiger partial charge in [0.2, 0.25) is 0 Å². The summed E-state index contributed by atoms with van der Waals surface area (Å²) in [6.45, 7) is 2.37. The van der Waals surface area contributed by atoms with E-state index in [9.17, 15) is 18.0 Å². The summed E-state index contributed by atoms with van der Waals surface area (Å²) in [6, 6.07) is 6.96. The van der Waals surface area contributed by atoms with E-state index in [1.54, 1.807) is 29.2 Å². The number of halogens is 3. The molecule has 1 fully saturated rings. The second-order valence-corrected chi connectivity index (χ2v) is 8.04. The zero-order chi connectivity index (χ0) is 21.7. The fraction of sp³-hybridized carbons (Fsp3) is 0.400. The Hall–Kier alpha value is -2.75. The van der Waals surface area contributed by atoms with Gasteiger partial charge in [-0.2, -0.15) is 18.3 Å². The molecule has 2 heterocycles. The summed E-state index contributed by atoms with van der Waals surface area (Å²) >= 11 is 1.22. The number of carbonyl (C=O) groups is 1. The Morgan fingerprint density at radius 1 is 1.40 bits per heavy atom. The second kappa shape index (κ2) is 9.38. The first-order valence-corrected chi connectivity index (χ1v) is 10.4. The molecule has 1 aromatic heterocycles. The number of aromatic nitrogens is 1. The number of alkyl halides is 3. The summed E-state index contributed by atoms with van der Waals surface area (Å²) in [5.74, 6) is -0.263. The van der Waals surface area contributed by atoms with Crippen LogP contribution in [-0.2, 0) is 6.42 Å². The zero-order valence-corrected chi connectivity index (χ0v) is 17.1. The minimum Gasteiger partial charge on any atom is -0.335 e. The van der Waals surface area contributed by atoms with Crippen LogP contribution in [0.25, 0.3) is 0 Å². The summed E-state index contributed by atoms with van der Waals surface area (Å²) in [5, 5.41) is 13.0. The average molecular weight is 437 g/mol. The van der Waals surface area contributed by atoms with E-state index in [-0.39, 0.29) is 23.6 Å². The maximum absolute atomic E-state index is 13.3. The highest BCUT2D eigenvalue weighted by atomic mass is 32.1. The first kappa shape index (κ1) is 21.9. The lowest BCUT2D eigenvalue weighted by atomic mass is 9.93. The van der Waals surface area contributed by atoms with Gasteiger partial charge in [-0.25, -0.2) is 4.98 Å². The van der Waals surface area contributed by atoms with Crippen molar-refractivity contribution in [2.24, 2.45) is 5.10 Å². The highest BCUT2D eigenvalue weighted by Gasteiger charge is 2.34. The summed E-state index contributed by atoms with van der Waals surface area (Å²) in [4.78, 5) is 19.2. The summed E-state index contributed by atoms with van der Waals surface area (Å²) in [5.41, 5.74) is 3.77. The summed E-state index contributed by atoms with van der Waals surface area (Å²) in [6.07, 6.45) is -1.52. The number of para-hydroxylation sites is 1. The zero-order valence-electron chi connectivity index (χ0n) is 16.3. The van der Waals surface area contributed by atoms with Crippen molar-refractivity contribution in [1.29, 1.82) is 5.41 Å². The van der Waals surface area contributed by atoms with Gasteiger partial charge in [0.05, 0.1) is 34.6 Å². The van der Waals surface area contributed by atoms with Gasteiger partial charge in [-0.15, -0.1) is 11.3 Å². The van der Waals surface area contributed by atoms with Gasteiger partial charge < -0.3 is 10.3 Å². The molecule has 0 spiro atoms. The van der Waals surface area contributed by atoms with Gasteiger partial charge in [0.1, 0.15) is 0 Å². The first-order valence-electron chi connectivity index (χ1n) is 9.47. The van der Waals surface area contributed by atoms with Crippen LogP contribution < -0.4 is 5.43 Å². The molecule has 0 aliphatic carbocycles. The number of anilines is 1. The van der Waals surface area contributed by atoms with Gasteiger partial charge in [-0.3, -0.25) is 10.2 Å². The lowest BCUT2D eigenvalue weighted by molar-refractivity contribution is -0.127. The molecule has 0 saturated carbocycles. The number of piperidine rings is 1. The third-order valence-corrected chi connectivity index (χ3v) is 5.99. The molecular formula is C20H22F3N5OS. The number of amides is 1. The van der Waals surface area contributed by atoms with Crippen LogP contribution >= 0.6 is 11.3 Å². The van der Waals surface area contributed by atoms with E-state index in [0.29, 0.717) is 22.8 Å². The van der Waals surface area contributed by atoms with Crippen molar-refractivity contribution in [3.05, 3.63) is 45.9 Å². The van der Waals surface area contributed by atoms with Gasteiger partial charge in [0.25, 0.3) is 5.91 Å². The van der Waals surface area contributed by atoms with E-state index < -0.39 is 12.6 Å². The van der Waals surface area contributed by atoms with Crippen LogP contribution in [0, 0.1) is 5.41 Å². The number of rotatable bonds is 6. The molecule has 1 saturated heterocycles. The fourth-order valence-corrected chi connectivity index (χ4v) is 4.40. The lowest BCUT2D eigenvalue weighted by Crippen LogP contribution is -2.45. The van der Waals surface area contributed by atoms with Gasteiger partial charge in [0.15, 0.2) is 0 Å². The number of hydrogen-bond acceptors (Lipinski definition) is 6. The quantitative estimate of drug-likeness (QED) is 0.508. The number of hydrazone groups is 1. The van der Waals surface area contributed by atoms with E-state index in [2.05, 4.69) is 15.5 Å². The third-order valence-electron chi connectivity index (χ3n) is 4.93. The van der Waals surface area contributed by atoms with Crippen LogP contribution in [-0.4, -0.2) is 47.0 Å². The van der Waals surface area contributed by atoms with Crippen molar-refractivity contribution in [3.8, 4) is 0 Å². The molecule has 160 valence electrons. The van der Waals surface area contributed by atoms with E-state index >= 15 is 0 Å². The minimum absolute atomic E-state index is 0.00138. The minimum atomic E-state index is -4.29. The molecule has 0 bridgehead atoms. The smallest absolute Gasteiger partial charge is 0.335 e. The molecule has 1 amide bonds. The van der Waals surface area contributed by atoms with Gasteiger partial charge in [-0.05, 0) is 31.9 Å². The van der Waals surface area contributed by atoms with Crippen LogP contribution in [0.5, 0.6) is 0 Å². The standard InChI is InChI=1S/C20H22F3N5OS/c1-13-6-7-14(18-26-15(12-30-18)10-20(21,22)23)11-28(13)19(29)16-4-2-3-5-17(16)27-25-9-8-24/h2-5,8-9,12-14,24,27H,6-7,10-11H2,1H3/b24-8?,25-9-/t13-,14?/m1/s1. The third kappa shape index (κ3) is 5.44. The number of likely N-dealkylation sites (tertiary alicyclic amines) is 1. The summed E-state index contributed by atoms with van der Waals surface area (Å²) < 4.78 is 37.9. The van der Waals surface area contributed by atoms with Crippen LogP contribution in [0.15, 0.2) is 34.7 Å². The van der Waals surface area contributed by atoms with Crippen molar-refractivity contribution in [3.63, 3.8) is 0 Å². The highest BCUT2D eigenvalue weighted by molar-refractivity contribution is 7.09. The molecule has 0 radical (unpaired) electrons. The lowest BCUT2D eigenvalue weighted by Gasteiger charge is -2.37. The number of thiazole rings is 1. The highest BCUT2D eigenvalue weighted by Crippen LogP contribution is 2.34. The monoisotopic (exact) mass is 437 g/mol. The Morgan fingerprint density at radius 2 is 2.17 bits per heavy atom. The van der Waals surface area contributed by atoms with Gasteiger partial charge in [-0.1, -0.05) is 12.1 Å². The van der Waals surface area contributed by atoms with Crippen molar-refractivity contribution in [2.45, 2.75) is 44.3 Å². The molecule has 6 nitrogen and oxygen atoms in total. The van der Waals surface area contributed by atoms with Crippen LogP contribution in [0.4, 0.5) is 18.9 Å². The van der Waals surface area contributed by atoms with Gasteiger partial charge >= 0.3 is 6.18 Å². The molecule has 1 aromatic carbocycles. The Balaban J connectivity index is 1.77. The topological polar surface area (TPSA) is 81.4 Å². The van der Waals surface area contributed by atoms with Crippen molar-refractivity contribution < 1.29 is 18.0 Å². The number of nitrogens with one attached hydrogen (secondary N) is 2. The molecule has 1 aliphatic rings. The first-order chi connectivity index (χ1) is 14.3. The predicted molar refractivity (Wildman–Crippen MR) is 112 cm³/mol. The number of benzene rings is 1. The SMILES string of the molecule is C[C@@H]1CCC(c2nc(CC(F)(F)F)cs2)CN1C(=O)c1ccccc1N/N=C\C=N. The van der Waals surface area contributed by atoms with E-state index in [0.717, 1.165) is 19.1 Å². The molecule has 1 aliphatic heterocycles. The maximum Gasteiger partial charge on any atom is 0.394 e. The van der Waals surface area contributed by atoms with Crippen molar-refractivity contribution in [1.82, 2.24) is 9.88 Å². The van der Waals surface area contributed by atoms with E-state index in [4.69, 9.17) is 5.41 Å². The fourth-order valence-electron chi connectivity index (χ4n) is 3.45. The van der Waals surface area contributed by atoms with Crippen molar-refractivity contribution in [2.75, 3.05) is 12.0 Å². The molecular weight excluding hydrogens is 415 g/mol. The average Bonchev–Trinajstić information content (AvgIpc) is 3.15. The number of carbonyl (C=O) groups excluding carboxylic acids is 1. The molecule has 2 atom stereocenters. The predicted octanol–water partition coefficient (Wildman–Crippen LogP) is 4.70. The molecule has 10 heteroatoms. The molecule has 1 unspecified atom stereocenters. The molecule has 3 rings (SSSR count). The van der Waals surface area contributed by atoms with Crippen LogP contribution in [0.1, 0.15) is 46.7 Å². The largest absolute Gasteiger partial charge is 0.394 e. The molecule has 2 N–H and O–H groups in total. The Labute approximate surface area is 176 Å².